The van der Waals surface area contributed by atoms with Gasteiger partial charge in [0.2, 0.25) is 0 Å². The van der Waals surface area contributed by atoms with Crippen LogP contribution in [0.5, 0.6) is 0 Å². The molecule has 2 heterocycles. The fourth-order valence-corrected chi connectivity index (χ4v) is 3.98. The summed E-state index contributed by atoms with van der Waals surface area (Å²) in [6.07, 6.45) is 5.34. The zero-order valence-electron chi connectivity index (χ0n) is 16.5. The molecule has 4 nitrogen and oxygen atoms in total. The van der Waals surface area contributed by atoms with Gasteiger partial charge in [0.05, 0.1) is 11.7 Å². The molecule has 3 rings (SSSR count). The van der Waals surface area contributed by atoms with Gasteiger partial charge < -0.3 is 9.72 Å². The fraction of sp³-hybridized carbons (Fsp3) is 0.455. The summed E-state index contributed by atoms with van der Waals surface area (Å²) in [5, 5.41) is 0. The van der Waals surface area contributed by atoms with Crippen molar-refractivity contribution in [1.82, 2.24) is 9.97 Å². The number of H-pyrrole nitrogens is 2. The second kappa shape index (κ2) is 8.97. The van der Waals surface area contributed by atoms with Crippen molar-refractivity contribution in [1.29, 1.82) is 0 Å². The van der Waals surface area contributed by atoms with E-state index in [9.17, 15) is 9.18 Å². The van der Waals surface area contributed by atoms with Gasteiger partial charge in [-0.25, -0.2) is 4.39 Å². The molecule has 1 aliphatic rings. The zero-order chi connectivity index (χ0) is 20.3. The third kappa shape index (κ3) is 5.06. The molecule has 0 aliphatic carbocycles. The van der Waals surface area contributed by atoms with Crippen LogP contribution in [0.2, 0.25) is 0 Å². The lowest BCUT2D eigenvalue weighted by atomic mass is 9.90. The number of nitrogens with one attached hydrogen (secondary N) is 2. The fourth-order valence-electron chi connectivity index (χ4n) is 3.76. The molecule has 1 aromatic carbocycles. The summed E-state index contributed by atoms with van der Waals surface area (Å²) in [4.78, 5) is 18.4. The standard InChI is InChI=1S/C22H27FN2O2S/c1-13(2)5-4-6-14(3)11-17-12-18-19(21(26)25-22(28)24-18)20(27-17)15-7-9-16(23)10-8-15/h5,7-10,14,17,20H,4,6,11-12H2,1-3H3,(H2,24,25,26,28)/t14-,17+,20+/m0/s1. The number of benzene rings is 1. The number of aromatic amines is 2. The monoisotopic (exact) mass is 402 g/mol. The first-order valence-electron chi connectivity index (χ1n) is 9.73. The Morgan fingerprint density at radius 1 is 1.32 bits per heavy atom. The molecule has 0 saturated heterocycles. The van der Waals surface area contributed by atoms with Crippen LogP contribution in [0.15, 0.2) is 40.7 Å². The van der Waals surface area contributed by atoms with Crippen LogP contribution < -0.4 is 5.56 Å². The minimum atomic E-state index is -0.532. The van der Waals surface area contributed by atoms with Gasteiger partial charge in [0, 0.05) is 12.1 Å². The highest BCUT2D eigenvalue weighted by atomic mass is 32.1. The van der Waals surface area contributed by atoms with Crippen molar-refractivity contribution in [2.24, 2.45) is 5.92 Å². The van der Waals surface area contributed by atoms with Crippen LogP contribution in [0.25, 0.3) is 0 Å². The summed E-state index contributed by atoms with van der Waals surface area (Å²) < 4.78 is 20.0. The van der Waals surface area contributed by atoms with Gasteiger partial charge in [0.15, 0.2) is 4.77 Å². The number of aromatic nitrogens is 2. The summed E-state index contributed by atoms with van der Waals surface area (Å²) in [7, 11) is 0. The van der Waals surface area contributed by atoms with Crippen molar-refractivity contribution < 1.29 is 9.13 Å². The number of hydrogen-bond acceptors (Lipinski definition) is 3. The molecule has 0 spiro atoms. The molecule has 0 bridgehead atoms. The third-order valence-electron chi connectivity index (χ3n) is 5.13. The van der Waals surface area contributed by atoms with Crippen molar-refractivity contribution in [2.45, 2.75) is 58.7 Å². The third-order valence-corrected chi connectivity index (χ3v) is 5.34. The molecule has 0 amide bonds. The number of rotatable bonds is 6. The minimum Gasteiger partial charge on any atom is -0.365 e. The maximum absolute atomic E-state index is 13.4. The Morgan fingerprint density at radius 3 is 2.71 bits per heavy atom. The number of hydrogen-bond donors (Lipinski definition) is 2. The van der Waals surface area contributed by atoms with Crippen molar-refractivity contribution in [3.63, 3.8) is 0 Å². The average Bonchev–Trinajstić information content (AvgIpc) is 2.60. The predicted octanol–water partition coefficient (Wildman–Crippen LogP) is 5.37. The number of halogens is 1. The summed E-state index contributed by atoms with van der Waals surface area (Å²) in [5.41, 5.74) is 3.20. The highest BCUT2D eigenvalue weighted by Gasteiger charge is 2.32. The topological polar surface area (TPSA) is 57.9 Å². The van der Waals surface area contributed by atoms with Gasteiger partial charge in [0.25, 0.3) is 5.56 Å². The van der Waals surface area contributed by atoms with E-state index in [0.717, 1.165) is 30.5 Å². The molecule has 2 N–H and O–H groups in total. The van der Waals surface area contributed by atoms with E-state index >= 15 is 0 Å². The molecular formula is C22H27FN2O2S. The molecule has 0 fully saturated rings. The molecule has 0 radical (unpaired) electrons. The highest BCUT2D eigenvalue weighted by molar-refractivity contribution is 7.71. The van der Waals surface area contributed by atoms with Crippen molar-refractivity contribution in [2.75, 3.05) is 0 Å². The second-order valence-corrected chi connectivity index (χ2v) is 8.30. The van der Waals surface area contributed by atoms with Crippen LogP contribution in [0.3, 0.4) is 0 Å². The van der Waals surface area contributed by atoms with Gasteiger partial charge in [0.1, 0.15) is 11.9 Å². The van der Waals surface area contributed by atoms with Gasteiger partial charge in [-0.2, -0.15) is 0 Å². The average molecular weight is 403 g/mol. The SMILES string of the molecule is CC(C)=CCC[C@H](C)C[C@@H]1Cc2[nH]c(=S)[nH]c(=O)c2[C@@H](c2ccc(F)cc2)O1. The zero-order valence-corrected chi connectivity index (χ0v) is 17.4. The van der Waals surface area contributed by atoms with E-state index in [0.29, 0.717) is 22.7 Å². The van der Waals surface area contributed by atoms with Crippen molar-refractivity contribution >= 4 is 12.2 Å². The van der Waals surface area contributed by atoms with Gasteiger partial charge in [-0.05, 0) is 68.9 Å². The Morgan fingerprint density at radius 2 is 2.04 bits per heavy atom. The lowest BCUT2D eigenvalue weighted by molar-refractivity contribution is -0.0183. The molecule has 0 unspecified atom stereocenters. The summed E-state index contributed by atoms with van der Waals surface area (Å²) >= 11 is 5.16. The normalized spacial score (nSPS) is 19.7. The Bertz CT molecular complexity index is 958. The summed E-state index contributed by atoms with van der Waals surface area (Å²) in [6.45, 7) is 6.45. The van der Waals surface area contributed by atoms with Gasteiger partial charge in [-0.3, -0.25) is 9.78 Å². The van der Waals surface area contributed by atoms with Crippen LogP contribution in [0.4, 0.5) is 4.39 Å². The lowest BCUT2D eigenvalue weighted by Gasteiger charge is -2.33. The molecular weight excluding hydrogens is 375 g/mol. The van der Waals surface area contributed by atoms with Crippen molar-refractivity contribution in [3.8, 4) is 0 Å². The maximum atomic E-state index is 13.4. The highest BCUT2D eigenvalue weighted by Crippen LogP contribution is 2.34. The quantitative estimate of drug-likeness (QED) is 0.504. The lowest BCUT2D eigenvalue weighted by Crippen LogP contribution is -2.34. The predicted molar refractivity (Wildman–Crippen MR) is 112 cm³/mol. The largest absolute Gasteiger partial charge is 0.365 e. The van der Waals surface area contributed by atoms with Gasteiger partial charge >= 0.3 is 0 Å². The molecule has 6 heteroatoms. The Hall–Kier alpha value is -2.05. The van der Waals surface area contributed by atoms with E-state index < -0.39 is 6.10 Å². The molecule has 2 aromatic rings. The molecule has 28 heavy (non-hydrogen) atoms. The molecule has 1 aliphatic heterocycles. The van der Waals surface area contributed by atoms with Crippen LogP contribution in [0, 0.1) is 16.5 Å². The summed E-state index contributed by atoms with van der Waals surface area (Å²) in [5.74, 6) is 0.173. The van der Waals surface area contributed by atoms with Crippen LogP contribution in [0.1, 0.15) is 63.0 Å². The molecule has 150 valence electrons. The van der Waals surface area contributed by atoms with Crippen LogP contribution in [-0.2, 0) is 11.2 Å². The first-order chi connectivity index (χ1) is 13.3. The van der Waals surface area contributed by atoms with Gasteiger partial charge in [-0.1, -0.05) is 30.7 Å². The first-order valence-corrected chi connectivity index (χ1v) is 10.1. The van der Waals surface area contributed by atoms with Crippen LogP contribution in [-0.4, -0.2) is 16.1 Å². The number of allylic oxidation sites excluding steroid dienone is 2. The van der Waals surface area contributed by atoms with E-state index in [4.69, 9.17) is 17.0 Å². The molecule has 3 atom stereocenters. The number of ether oxygens (including phenoxy) is 1. The number of fused-ring (bicyclic) bond motifs is 1. The Kier molecular flexibility index (Phi) is 6.62. The van der Waals surface area contributed by atoms with E-state index in [1.165, 1.54) is 17.7 Å². The van der Waals surface area contributed by atoms with E-state index in [1.807, 2.05) is 0 Å². The summed E-state index contributed by atoms with van der Waals surface area (Å²) in [6, 6.07) is 6.13. The molecule has 0 saturated carbocycles. The maximum Gasteiger partial charge on any atom is 0.258 e. The first kappa shape index (κ1) is 20.7. The second-order valence-electron chi connectivity index (χ2n) is 7.89. The van der Waals surface area contributed by atoms with E-state index in [2.05, 4.69) is 36.8 Å². The Balaban J connectivity index is 1.86. The smallest absolute Gasteiger partial charge is 0.258 e. The van der Waals surface area contributed by atoms with E-state index in [-0.39, 0.29) is 17.5 Å². The van der Waals surface area contributed by atoms with Crippen LogP contribution >= 0.6 is 12.2 Å². The minimum absolute atomic E-state index is 0.0308. The van der Waals surface area contributed by atoms with Crippen molar-refractivity contribution in [3.05, 3.63) is 73.7 Å². The van der Waals surface area contributed by atoms with Gasteiger partial charge in [-0.15, -0.1) is 0 Å². The van der Waals surface area contributed by atoms with E-state index in [1.54, 1.807) is 12.1 Å². The molecule has 1 aromatic heterocycles. The Labute approximate surface area is 169 Å².